The average molecular weight is 414 g/mol. The Bertz CT molecular complexity index is 1150. The number of hydrogen-bond acceptors (Lipinski definition) is 6. The summed E-state index contributed by atoms with van der Waals surface area (Å²) < 4.78 is 27.1. The van der Waals surface area contributed by atoms with Crippen molar-refractivity contribution >= 4 is 21.5 Å². The van der Waals surface area contributed by atoms with Gasteiger partial charge in [-0.1, -0.05) is 30.3 Å². The van der Waals surface area contributed by atoms with Crippen molar-refractivity contribution in [2.75, 3.05) is 13.1 Å². The van der Waals surface area contributed by atoms with Gasteiger partial charge >= 0.3 is 0 Å². The normalized spacial score (nSPS) is 15.7. The summed E-state index contributed by atoms with van der Waals surface area (Å²) in [5, 5.41) is 3.85. The number of aromatic nitrogens is 4. The van der Waals surface area contributed by atoms with Gasteiger partial charge in [-0.15, -0.1) is 5.10 Å². The van der Waals surface area contributed by atoms with E-state index in [0.717, 1.165) is 17.0 Å². The number of amides is 1. The summed E-state index contributed by atoms with van der Waals surface area (Å²) in [5.74, 6) is 0.236. The highest BCUT2D eigenvalue weighted by molar-refractivity contribution is 7.91. The van der Waals surface area contributed by atoms with Gasteiger partial charge < -0.3 is 4.90 Å². The molecule has 0 atom stereocenters. The van der Waals surface area contributed by atoms with Crippen LogP contribution in [0.1, 0.15) is 40.4 Å². The van der Waals surface area contributed by atoms with Crippen molar-refractivity contribution in [2.45, 2.75) is 37.7 Å². The summed E-state index contributed by atoms with van der Waals surface area (Å²) in [7, 11) is -3.26. The molecular weight excluding hydrogens is 390 g/mol. The molecule has 4 rings (SSSR count). The molecule has 8 nitrogen and oxygen atoms in total. The van der Waals surface area contributed by atoms with Gasteiger partial charge in [0.1, 0.15) is 0 Å². The molecule has 3 aromatic rings. The SMILES string of the molecule is Cc1cc(C)n2nc(C(=O)N3CCC(S(=O)(=O)Cc4ccccc4)CC3)nc2n1. The van der Waals surface area contributed by atoms with Gasteiger partial charge in [0.05, 0.1) is 11.0 Å². The van der Waals surface area contributed by atoms with Crippen LogP contribution in [-0.4, -0.2) is 57.1 Å². The van der Waals surface area contributed by atoms with Gasteiger partial charge in [-0.05, 0) is 38.3 Å². The molecule has 1 aliphatic heterocycles. The third-order valence-corrected chi connectivity index (χ3v) is 7.48. The fraction of sp³-hybridized carbons (Fsp3) is 0.400. The maximum absolute atomic E-state index is 12.8. The number of aryl methyl sites for hydroxylation is 2. The van der Waals surface area contributed by atoms with Crippen LogP contribution >= 0.6 is 0 Å². The van der Waals surface area contributed by atoms with Crippen molar-refractivity contribution in [3.63, 3.8) is 0 Å². The lowest BCUT2D eigenvalue weighted by atomic mass is 10.1. The maximum Gasteiger partial charge on any atom is 0.293 e. The summed E-state index contributed by atoms with van der Waals surface area (Å²) in [5.41, 5.74) is 2.45. The predicted molar refractivity (Wildman–Crippen MR) is 108 cm³/mol. The largest absolute Gasteiger partial charge is 0.336 e. The lowest BCUT2D eigenvalue weighted by molar-refractivity contribution is 0.0713. The van der Waals surface area contributed by atoms with E-state index in [0.29, 0.717) is 31.7 Å². The highest BCUT2D eigenvalue weighted by Crippen LogP contribution is 2.22. The van der Waals surface area contributed by atoms with Crippen LogP contribution in [0.4, 0.5) is 0 Å². The van der Waals surface area contributed by atoms with E-state index in [1.54, 1.807) is 9.42 Å². The fourth-order valence-electron chi connectivity index (χ4n) is 3.74. The molecule has 0 radical (unpaired) electrons. The fourth-order valence-corrected chi connectivity index (χ4v) is 5.56. The van der Waals surface area contributed by atoms with Gasteiger partial charge in [0.2, 0.25) is 5.82 Å². The molecule has 9 heteroatoms. The number of benzene rings is 1. The smallest absolute Gasteiger partial charge is 0.293 e. The molecular formula is C20H23N5O3S. The van der Waals surface area contributed by atoms with Crippen molar-refractivity contribution in [1.29, 1.82) is 0 Å². The van der Waals surface area contributed by atoms with E-state index in [2.05, 4.69) is 15.1 Å². The number of piperidine rings is 1. The van der Waals surface area contributed by atoms with E-state index >= 15 is 0 Å². The first-order valence-corrected chi connectivity index (χ1v) is 11.3. The molecule has 152 valence electrons. The van der Waals surface area contributed by atoms with E-state index in [4.69, 9.17) is 0 Å². The molecule has 1 aromatic carbocycles. The molecule has 1 amide bonds. The first-order valence-electron chi connectivity index (χ1n) is 9.59. The first-order chi connectivity index (χ1) is 13.8. The summed E-state index contributed by atoms with van der Waals surface area (Å²) in [4.78, 5) is 23.0. The van der Waals surface area contributed by atoms with Gasteiger partial charge in [-0.25, -0.2) is 17.9 Å². The van der Waals surface area contributed by atoms with Gasteiger partial charge in [0.15, 0.2) is 9.84 Å². The van der Waals surface area contributed by atoms with Crippen LogP contribution in [0.3, 0.4) is 0 Å². The lowest BCUT2D eigenvalue weighted by Crippen LogP contribution is -2.43. The number of sulfone groups is 1. The van der Waals surface area contributed by atoms with Crippen LogP contribution in [0.15, 0.2) is 36.4 Å². The zero-order valence-electron chi connectivity index (χ0n) is 16.4. The van der Waals surface area contributed by atoms with Crippen LogP contribution in [-0.2, 0) is 15.6 Å². The molecule has 2 aromatic heterocycles. The predicted octanol–water partition coefficient (Wildman–Crippen LogP) is 1.96. The Morgan fingerprint density at radius 1 is 1.10 bits per heavy atom. The third-order valence-electron chi connectivity index (χ3n) is 5.26. The summed E-state index contributed by atoms with van der Waals surface area (Å²) in [6.45, 7) is 4.49. The van der Waals surface area contributed by atoms with Crippen LogP contribution in [0.2, 0.25) is 0 Å². The number of carbonyl (C=O) groups excluding carboxylic acids is 1. The zero-order valence-corrected chi connectivity index (χ0v) is 17.3. The zero-order chi connectivity index (χ0) is 20.6. The maximum atomic E-state index is 12.8. The van der Waals surface area contributed by atoms with Crippen molar-refractivity contribution in [3.8, 4) is 0 Å². The van der Waals surface area contributed by atoms with E-state index in [-0.39, 0.29) is 17.5 Å². The Labute approximate surface area is 169 Å². The minimum atomic E-state index is -3.26. The minimum absolute atomic E-state index is 0.0325. The number of rotatable bonds is 4. The number of nitrogens with zero attached hydrogens (tertiary/aromatic N) is 5. The number of carbonyl (C=O) groups is 1. The summed E-state index contributed by atoms with van der Waals surface area (Å²) in [6.07, 6.45) is 0.843. The van der Waals surface area contributed by atoms with Crippen LogP contribution in [0.25, 0.3) is 5.78 Å². The van der Waals surface area contributed by atoms with Crippen LogP contribution in [0, 0.1) is 13.8 Å². The van der Waals surface area contributed by atoms with Crippen molar-refractivity contribution < 1.29 is 13.2 Å². The molecule has 0 N–H and O–H groups in total. The number of hydrogen-bond donors (Lipinski definition) is 0. The first kappa shape index (κ1) is 19.5. The Kier molecular flexibility index (Phi) is 5.08. The standard InChI is InChI=1S/C20H23N5O3S/c1-14-12-15(2)25-20(21-14)22-18(23-25)19(26)24-10-8-17(9-11-24)29(27,28)13-16-6-4-3-5-7-16/h3-7,12,17H,8-11,13H2,1-2H3. The van der Waals surface area contributed by atoms with Crippen molar-refractivity contribution in [3.05, 3.63) is 59.2 Å². The van der Waals surface area contributed by atoms with Gasteiger partial charge in [-0.2, -0.15) is 4.98 Å². The summed E-state index contributed by atoms with van der Waals surface area (Å²) >= 11 is 0. The van der Waals surface area contributed by atoms with Crippen molar-refractivity contribution in [1.82, 2.24) is 24.5 Å². The molecule has 0 spiro atoms. The summed E-state index contributed by atoms with van der Waals surface area (Å²) in [6, 6.07) is 11.1. The Morgan fingerprint density at radius 2 is 1.79 bits per heavy atom. The molecule has 0 aliphatic carbocycles. The molecule has 1 fully saturated rings. The molecule has 29 heavy (non-hydrogen) atoms. The lowest BCUT2D eigenvalue weighted by Gasteiger charge is -2.31. The number of likely N-dealkylation sites (tertiary alicyclic amines) is 1. The highest BCUT2D eigenvalue weighted by Gasteiger charge is 2.33. The molecule has 0 saturated carbocycles. The second-order valence-electron chi connectivity index (χ2n) is 7.47. The van der Waals surface area contributed by atoms with Crippen molar-refractivity contribution in [2.24, 2.45) is 0 Å². The topological polar surface area (TPSA) is 97.5 Å². The second kappa shape index (κ2) is 7.55. The van der Waals surface area contributed by atoms with Gasteiger partial charge in [0, 0.05) is 24.5 Å². The van der Waals surface area contributed by atoms with E-state index in [9.17, 15) is 13.2 Å². The third kappa shape index (κ3) is 4.00. The molecule has 0 bridgehead atoms. The molecule has 0 unspecified atom stereocenters. The monoisotopic (exact) mass is 413 g/mol. The Morgan fingerprint density at radius 3 is 2.48 bits per heavy atom. The van der Waals surface area contributed by atoms with E-state index in [1.165, 1.54) is 0 Å². The Balaban J connectivity index is 1.44. The van der Waals surface area contributed by atoms with Gasteiger partial charge in [-0.3, -0.25) is 4.79 Å². The van der Waals surface area contributed by atoms with Crippen LogP contribution < -0.4 is 0 Å². The highest BCUT2D eigenvalue weighted by atomic mass is 32.2. The molecule has 3 heterocycles. The quantitative estimate of drug-likeness (QED) is 0.649. The van der Waals surface area contributed by atoms with E-state index < -0.39 is 15.1 Å². The number of fused-ring (bicyclic) bond motifs is 1. The van der Waals surface area contributed by atoms with Crippen LogP contribution in [0.5, 0.6) is 0 Å². The van der Waals surface area contributed by atoms with E-state index in [1.807, 2.05) is 50.2 Å². The Hall–Kier alpha value is -2.81. The minimum Gasteiger partial charge on any atom is -0.336 e. The molecule has 1 saturated heterocycles. The average Bonchev–Trinajstić information content (AvgIpc) is 3.12. The molecule has 1 aliphatic rings. The van der Waals surface area contributed by atoms with Gasteiger partial charge in [0.25, 0.3) is 11.7 Å². The second-order valence-corrected chi connectivity index (χ2v) is 9.75.